The van der Waals surface area contributed by atoms with Crippen molar-refractivity contribution in [2.75, 3.05) is 18.4 Å². The number of carbonyl (C=O) groups excluding carboxylic acids is 1. The smallest absolute Gasteiger partial charge is 0.243 e. The Labute approximate surface area is 170 Å². The van der Waals surface area contributed by atoms with Gasteiger partial charge in [-0.2, -0.15) is 4.31 Å². The highest BCUT2D eigenvalue weighted by molar-refractivity contribution is 7.89. The Bertz CT molecular complexity index is 923. The van der Waals surface area contributed by atoms with Gasteiger partial charge in [0.25, 0.3) is 0 Å². The number of hydrogen-bond acceptors (Lipinski definition) is 6. The van der Waals surface area contributed by atoms with Gasteiger partial charge in [0.1, 0.15) is 10.0 Å². The summed E-state index contributed by atoms with van der Waals surface area (Å²) in [6.07, 6.45) is 2.61. The quantitative estimate of drug-likeness (QED) is 0.771. The first-order chi connectivity index (χ1) is 13.3. The molecule has 2 heterocycles. The summed E-state index contributed by atoms with van der Waals surface area (Å²) in [5.74, 6) is 0.411. The van der Waals surface area contributed by atoms with Crippen LogP contribution in [0.2, 0.25) is 0 Å². The first kappa shape index (κ1) is 20.9. The lowest BCUT2D eigenvalue weighted by atomic mass is 10.0. The molecule has 28 heavy (non-hydrogen) atoms. The van der Waals surface area contributed by atoms with Gasteiger partial charge in [-0.15, -0.1) is 21.5 Å². The van der Waals surface area contributed by atoms with E-state index >= 15 is 0 Å². The minimum Gasteiger partial charge on any atom is -0.326 e. The number of carbonyl (C=O) groups is 1. The van der Waals surface area contributed by atoms with Crippen molar-refractivity contribution >= 4 is 33.0 Å². The van der Waals surface area contributed by atoms with E-state index in [1.807, 2.05) is 0 Å². The SMILES string of the molecule is CC(=O)Nc1ccc(S(=O)(=O)N2CCCC(c3nnc(CC(C)C)s3)C2)cc1. The van der Waals surface area contributed by atoms with Gasteiger partial charge >= 0.3 is 0 Å². The normalized spacial score (nSPS) is 18.4. The lowest BCUT2D eigenvalue weighted by Gasteiger charge is -2.30. The van der Waals surface area contributed by atoms with Crippen molar-refractivity contribution in [3.8, 4) is 0 Å². The van der Waals surface area contributed by atoms with E-state index in [0.29, 0.717) is 24.7 Å². The summed E-state index contributed by atoms with van der Waals surface area (Å²) in [6.45, 7) is 6.63. The molecular formula is C19H26N4O3S2. The van der Waals surface area contributed by atoms with Gasteiger partial charge in [0.15, 0.2) is 0 Å². The molecule has 1 atom stereocenters. The molecule has 1 saturated heterocycles. The molecule has 0 saturated carbocycles. The number of sulfonamides is 1. The zero-order valence-electron chi connectivity index (χ0n) is 16.4. The maximum absolute atomic E-state index is 13.1. The number of amides is 1. The second kappa shape index (κ2) is 8.67. The van der Waals surface area contributed by atoms with Gasteiger partial charge < -0.3 is 5.32 Å². The van der Waals surface area contributed by atoms with Crippen molar-refractivity contribution in [3.05, 3.63) is 34.3 Å². The van der Waals surface area contributed by atoms with Crippen LogP contribution in [0.3, 0.4) is 0 Å². The Hall–Kier alpha value is -1.84. The summed E-state index contributed by atoms with van der Waals surface area (Å²) in [5, 5.41) is 13.2. The van der Waals surface area contributed by atoms with Gasteiger partial charge in [-0.3, -0.25) is 4.79 Å². The van der Waals surface area contributed by atoms with Gasteiger partial charge in [-0.05, 0) is 43.0 Å². The van der Waals surface area contributed by atoms with Crippen molar-refractivity contribution < 1.29 is 13.2 Å². The van der Waals surface area contributed by atoms with Crippen molar-refractivity contribution in [2.45, 2.75) is 50.8 Å². The van der Waals surface area contributed by atoms with E-state index in [0.717, 1.165) is 29.3 Å². The molecule has 3 rings (SSSR count). The molecule has 1 N–H and O–H groups in total. The van der Waals surface area contributed by atoms with Gasteiger partial charge in [0.2, 0.25) is 15.9 Å². The third kappa shape index (κ3) is 4.95. The van der Waals surface area contributed by atoms with E-state index in [9.17, 15) is 13.2 Å². The number of hydrogen-bond donors (Lipinski definition) is 1. The van der Waals surface area contributed by atoms with Gasteiger partial charge in [-0.1, -0.05) is 13.8 Å². The fourth-order valence-corrected chi connectivity index (χ4v) is 5.99. The van der Waals surface area contributed by atoms with Crippen LogP contribution >= 0.6 is 11.3 Å². The highest BCUT2D eigenvalue weighted by atomic mass is 32.2. The molecule has 0 bridgehead atoms. The summed E-state index contributed by atoms with van der Waals surface area (Å²) in [6, 6.07) is 6.29. The fraction of sp³-hybridized carbons (Fsp3) is 0.526. The van der Waals surface area contributed by atoms with E-state index in [2.05, 4.69) is 29.4 Å². The number of anilines is 1. The average Bonchev–Trinajstić information content (AvgIpc) is 3.09. The van der Waals surface area contributed by atoms with Crippen LogP contribution in [0.4, 0.5) is 5.69 Å². The van der Waals surface area contributed by atoms with Crippen molar-refractivity contribution in [1.29, 1.82) is 0 Å². The van der Waals surface area contributed by atoms with Crippen LogP contribution in [0.15, 0.2) is 29.2 Å². The second-order valence-corrected chi connectivity index (χ2v) is 10.6. The van der Waals surface area contributed by atoms with Gasteiger partial charge in [0, 0.05) is 38.0 Å². The summed E-state index contributed by atoms with van der Waals surface area (Å²) in [5.41, 5.74) is 0.578. The van der Waals surface area contributed by atoms with Crippen LogP contribution < -0.4 is 5.32 Å². The predicted molar refractivity (Wildman–Crippen MR) is 110 cm³/mol. The number of benzene rings is 1. The molecule has 1 aromatic carbocycles. The Kier molecular flexibility index (Phi) is 6.47. The van der Waals surface area contributed by atoms with Crippen LogP contribution in [0.5, 0.6) is 0 Å². The molecule has 9 heteroatoms. The minimum absolute atomic E-state index is 0.0839. The van der Waals surface area contributed by atoms with Crippen LogP contribution in [-0.2, 0) is 21.2 Å². The lowest BCUT2D eigenvalue weighted by molar-refractivity contribution is -0.114. The first-order valence-corrected chi connectivity index (χ1v) is 11.7. The topological polar surface area (TPSA) is 92.3 Å². The van der Waals surface area contributed by atoms with Crippen LogP contribution in [0, 0.1) is 5.92 Å². The largest absolute Gasteiger partial charge is 0.326 e. The maximum Gasteiger partial charge on any atom is 0.243 e. The molecule has 1 aliphatic heterocycles. The average molecular weight is 423 g/mol. The predicted octanol–water partition coefficient (Wildman–Crippen LogP) is 3.26. The highest BCUT2D eigenvalue weighted by Crippen LogP contribution is 2.32. The lowest BCUT2D eigenvalue weighted by Crippen LogP contribution is -2.39. The molecule has 1 aliphatic rings. The molecule has 0 radical (unpaired) electrons. The molecule has 0 aliphatic carbocycles. The standard InChI is InChI=1S/C19H26N4O3S2/c1-13(2)11-18-21-22-19(27-18)15-5-4-10-23(12-15)28(25,26)17-8-6-16(7-9-17)20-14(3)24/h6-9,13,15H,4-5,10-12H2,1-3H3,(H,20,24). The molecule has 7 nitrogen and oxygen atoms in total. The Morgan fingerprint density at radius 1 is 1.29 bits per heavy atom. The Morgan fingerprint density at radius 2 is 2.00 bits per heavy atom. The zero-order valence-corrected chi connectivity index (χ0v) is 18.0. The fourth-order valence-electron chi connectivity index (χ4n) is 3.29. The number of rotatable bonds is 6. The van der Waals surface area contributed by atoms with Crippen LogP contribution in [0.25, 0.3) is 0 Å². The summed E-state index contributed by atoms with van der Waals surface area (Å²) >= 11 is 1.60. The van der Waals surface area contributed by atoms with E-state index in [4.69, 9.17) is 0 Å². The monoisotopic (exact) mass is 422 g/mol. The molecule has 1 aromatic heterocycles. The van der Waals surface area contributed by atoms with E-state index in [1.54, 1.807) is 23.5 Å². The summed E-state index contributed by atoms with van der Waals surface area (Å²) in [4.78, 5) is 11.4. The number of nitrogens with one attached hydrogen (secondary N) is 1. The Morgan fingerprint density at radius 3 is 2.64 bits per heavy atom. The zero-order chi connectivity index (χ0) is 20.3. The van der Waals surface area contributed by atoms with Crippen LogP contribution in [0.1, 0.15) is 49.5 Å². The van der Waals surface area contributed by atoms with Crippen molar-refractivity contribution in [3.63, 3.8) is 0 Å². The molecule has 1 amide bonds. The molecule has 1 fully saturated rings. The molecule has 1 unspecified atom stereocenters. The Balaban J connectivity index is 1.73. The molecule has 152 valence electrons. The van der Waals surface area contributed by atoms with Crippen molar-refractivity contribution in [2.24, 2.45) is 5.92 Å². The molecule has 0 spiro atoms. The summed E-state index contributed by atoms with van der Waals surface area (Å²) in [7, 11) is -3.58. The van der Waals surface area contributed by atoms with Crippen molar-refractivity contribution in [1.82, 2.24) is 14.5 Å². The maximum atomic E-state index is 13.1. The highest BCUT2D eigenvalue weighted by Gasteiger charge is 2.32. The summed E-state index contributed by atoms with van der Waals surface area (Å²) < 4.78 is 27.6. The van der Waals surface area contributed by atoms with Gasteiger partial charge in [-0.25, -0.2) is 8.42 Å². The molecular weight excluding hydrogens is 396 g/mol. The van der Waals surface area contributed by atoms with E-state index in [-0.39, 0.29) is 16.7 Å². The third-order valence-corrected chi connectivity index (χ3v) is 7.60. The van der Waals surface area contributed by atoms with E-state index in [1.165, 1.54) is 23.4 Å². The number of nitrogens with zero attached hydrogens (tertiary/aromatic N) is 3. The minimum atomic E-state index is -3.58. The first-order valence-electron chi connectivity index (χ1n) is 9.46. The number of aromatic nitrogens is 2. The third-order valence-electron chi connectivity index (χ3n) is 4.61. The van der Waals surface area contributed by atoms with Gasteiger partial charge in [0.05, 0.1) is 4.90 Å². The molecule has 2 aromatic rings. The number of piperidine rings is 1. The second-order valence-electron chi connectivity index (χ2n) is 7.54. The van der Waals surface area contributed by atoms with Crippen LogP contribution in [-0.4, -0.2) is 41.9 Å². The van der Waals surface area contributed by atoms with E-state index < -0.39 is 10.0 Å².